The predicted molar refractivity (Wildman–Crippen MR) is 131 cm³/mol. The topological polar surface area (TPSA) is 83.8 Å². The first-order valence-corrected chi connectivity index (χ1v) is 11.3. The van der Waals surface area contributed by atoms with Crippen molar-refractivity contribution >= 4 is 11.9 Å². The van der Waals surface area contributed by atoms with Gasteiger partial charge in [-0.3, -0.25) is 10.1 Å². The molecule has 0 saturated carbocycles. The molecule has 5 rings (SSSR count). The lowest BCUT2D eigenvalue weighted by molar-refractivity contribution is -0.126. The molecule has 0 saturated heterocycles. The SMILES string of the molecule is CC1(C(=O)Nc2ncc(Cc3ccccc3)[nH]2)Cc2ccccc2C(N)(c2ccccc2)C1. The molecular weight excluding hydrogens is 408 g/mol. The number of nitrogens with zero attached hydrogens (tertiary/aromatic N) is 1. The van der Waals surface area contributed by atoms with E-state index < -0.39 is 11.0 Å². The van der Waals surface area contributed by atoms with Crippen molar-refractivity contribution in [2.24, 2.45) is 11.1 Å². The van der Waals surface area contributed by atoms with Crippen LogP contribution in [0.2, 0.25) is 0 Å². The number of anilines is 1. The highest BCUT2D eigenvalue weighted by Crippen LogP contribution is 2.47. The highest BCUT2D eigenvalue weighted by Gasteiger charge is 2.48. The van der Waals surface area contributed by atoms with E-state index in [1.54, 1.807) is 6.20 Å². The zero-order valence-electron chi connectivity index (χ0n) is 18.7. The summed E-state index contributed by atoms with van der Waals surface area (Å²) in [6.07, 6.45) is 3.63. The number of carbonyl (C=O) groups excluding carboxylic acids is 1. The van der Waals surface area contributed by atoms with E-state index >= 15 is 0 Å². The number of benzene rings is 3. The third-order valence-corrected chi connectivity index (χ3v) is 6.68. The van der Waals surface area contributed by atoms with Crippen LogP contribution in [0.1, 0.15) is 41.3 Å². The summed E-state index contributed by atoms with van der Waals surface area (Å²) in [6, 6.07) is 28.4. The van der Waals surface area contributed by atoms with Gasteiger partial charge in [0.25, 0.3) is 0 Å². The van der Waals surface area contributed by atoms with Crippen LogP contribution in [0.15, 0.2) is 91.1 Å². The third kappa shape index (κ3) is 4.08. The fraction of sp³-hybridized carbons (Fsp3) is 0.214. The van der Waals surface area contributed by atoms with Gasteiger partial charge in [-0.25, -0.2) is 4.98 Å². The molecule has 3 aromatic carbocycles. The van der Waals surface area contributed by atoms with Crippen LogP contribution in [0.5, 0.6) is 0 Å². The van der Waals surface area contributed by atoms with Crippen molar-refractivity contribution in [3.63, 3.8) is 0 Å². The van der Waals surface area contributed by atoms with E-state index in [2.05, 4.69) is 39.6 Å². The molecule has 4 aromatic rings. The Balaban J connectivity index is 1.40. The zero-order chi connectivity index (χ0) is 22.9. The van der Waals surface area contributed by atoms with E-state index in [0.717, 1.165) is 28.8 Å². The maximum absolute atomic E-state index is 13.6. The van der Waals surface area contributed by atoms with Crippen LogP contribution < -0.4 is 11.1 Å². The normalized spacial score (nSPS) is 21.9. The van der Waals surface area contributed by atoms with Crippen molar-refractivity contribution in [2.45, 2.75) is 31.7 Å². The van der Waals surface area contributed by atoms with Gasteiger partial charge in [0.15, 0.2) is 0 Å². The minimum atomic E-state index is -0.746. The molecule has 1 aromatic heterocycles. The number of aromatic nitrogens is 2. The fourth-order valence-electron chi connectivity index (χ4n) is 5.04. The summed E-state index contributed by atoms with van der Waals surface area (Å²) in [5.41, 5.74) is 11.0. The molecule has 0 spiro atoms. The van der Waals surface area contributed by atoms with Crippen LogP contribution in [-0.2, 0) is 23.2 Å². The van der Waals surface area contributed by atoms with Crippen molar-refractivity contribution in [2.75, 3.05) is 5.32 Å². The monoisotopic (exact) mass is 436 g/mol. The van der Waals surface area contributed by atoms with Gasteiger partial charge in [-0.15, -0.1) is 0 Å². The predicted octanol–water partition coefficient (Wildman–Crippen LogP) is 4.79. The lowest BCUT2D eigenvalue weighted by Gasteiger charge is -2.45. The quantitative estimate of drug-likeness (QED) is 0.420. The molecule has 4 N–H and O–H groups in total. The van der Waals surface area contributed by atoms with Gasteiger partial charge in [-0.1, -0.05) is 91.9 Å². The summed E-state index contributed by atoms with van der Waals surface area (Å²) < 4.78 is 0. The number of rotatable bonds is 5. The Morgan fingerprint density at radius 1 is 1.00 bits per heavy atom. The molecule has 2 atom stereocenters. The first kappa shape index (κ1) is 21.2. The number of aromatic amines is 1. The summed E-state index contributed by atoms with van der Waals surface area (Å²) in [6.45, 7) is 2.00. The number of hydrogen-bond acceptors (Lipinski definition) is 3. The highest BCUT2D eigenvalue weighted by atomic mass is 16.2. The number of H-pyrrole nitrogens is 1. The lowest BCUT2D eigenvalue weighted by atomic mass is 9.62. The zero-order valence-corrected chi connectivity index (χ0v) is 18.7. The first-order valence-electron chi connectivity index (χ1n) is 11.3. The van der Waals surface area contributed by atoms with E-state index in [0.29, 0.717) is 18.8 Å². The largest absolute Gasteiger partial charge is 0.328 e. The maximum atomic E-state index is 13.6. The number of imidazole rings is 1. The van der Waals surface area contributed by atoms with E-state index in [4.69, 9.17) is 5.73 Å². The molecule has 0 radical (unpaired) electrons. The number of carbonyl (C=O) groups is 1. The first-order chi connectivity index (χ1) is 16.0. The molecule has 5 nitrogen and oxygen atoms in total. The summed E-state index contributed by atoms with van der Waals surface area (Å²) >= 11 is 0. The van der Waals surface area contributed by atoms with Gasteiger partial charge in [0.1, 0.15) is 0 Å². The second-order valence-corrected chi connectivity index (χ2v) is 9.28. The summed E-state index contributed by atoms with van der Waals surface area (Å²) in [4.78, 5) is 21.2. The second kappa shape index (κ2) is 8.34. The average molecular weight is 437 g/mol. The molecule has 0 aliphatic heterocycles. The number of hydrogen-bond donors (Lipinski definition) is 3. The fourth-order valence-corrected chi connectivity index (χ4v) is 5.04. The van der Waals surface area contributed by atoms with Crippen molar-refractivity contribution in [1.82, 2.24) is 9.97 Å². The summed E-state index contributed by atoms with van der Waals surface area (Å²) in [7, 11) is 0. The van der Waals surface area contributed by atoms with E-state index in [1.165, 1.54) is 5.56 Å². The Hall–Kier alpha value is -3.70. The minimum absolute atomic E-state index is 0.0802. The number of nitrogens with one attached hydrogen (secondary N) is 2. The minimum Gasteiger partial charge on any atom is -0.328 e. The Kier molecular flexibility index (Phi) is 5.35. The standard InChI is InChI=1S/C28H28N4O/c1-27(25(33)32-26-30-18-23(31-26)16-20-10-4-2-5-11-20)17-21-12-8-9-15-24(21)28(29,19-27)22-13-6-3-7-14-22/h2-15,18H,16-17,19,29H2,1H3,(H2,30,31,32,33). The molecule has 0 fully saturated rings. The molecule has 1 amide bonds. The van der Waals surface area contributed by atoms with E-state index in [1.807, 2.05) is 67.6 Å². The van der Waals surface area contributed by atoms with Crippen molar-refractivity contribution < 1.29 is 4.79 Å². The van der Waals surface area contributed by atoms with Gasteiger partial charge in [0, 0.05) is 12.1 Å². The molecule has 166 valence electrons. The Bertz CT molecular complexity index is 1270. The summed E-state index contributed by atoms with van der Waals surface area (Å²) in [5.74, 6) is 0.386. The van der Waals surface area contributed by atoms with Crippen LogP contribution in [0.4, 0.5) is 5.95 Å². The Morgan fingerprint density at radius 2 is 1.67 bits per heavy atom. The molecular formula is C28H28N4O. The van der Waals surface area contributed by atoms with E-state index in [9.17, 15) is 4.79 Å². The van der Waals surface area contributed by atoms with Crippen molar-refractivity contribution in [3.05, 3.63) is 119 Å². The Morgan fingerprint density at radius 3 is 2.42 bits per heavy atom. The van der Waals surface area contributed by atoms with Crippen molar-refractivity contribution in [1.29, 1.82) is 0 Å². The molecule has 1 aliphatic carbocycles. The third-order valence-electron chi connectivity index (χ3n) is 6.68. The molecule has 1 heterocycles. The van der Waals surface area contributed by atoms with Gasteiger partial charge in [-0.2, -0.15) is 0 Å². The number of amides is 1. The van der Waals surface area contributed by atoms with Crippen LogP contribution in [0.3, 0.4) is 0 Å². The van der Waals surface area contributed by atoms with Crippen LogP contribution in [-0.4, -0.2) is 15.9 Å². The van der Waals surface area contributed by atoms with Crippen LogP contribution in [0.25, 0.3) is 0 Å². The highest BCUT2D eigenvalue weighted by molar-refractivity contribution is 5.94. The van der Waals surface area contributed by atoms with Gasteiger partial charge < -0.3 is 10.7 Å². The van der Waals surface area contributed by atoms with Crippen LogP contribution >= 0.6 is 0 Å². The molecule has 2 unspecified atom stereocenters. The van der Waals surface area contributed by atoms with Gasteiger partial charge >= 0.3 is 0 Å². The molecule has 5 heteroatoms. The van der Waals surface area contributed by atoms with Gasteiger partial charge in [-0.05, 0) is 35.1 Å². The molecule has 1 aliphatic rings. The Labute approximate surface area is 194 Å². The van der Waals surface area contributed by atoms with Crippen LogP contribution in [0, 0.1) is 5.41 Å². The molecule has 0 bridgehead atoms. The van der Waals surface area contributed by atoms with E-state index in [-0.39, 0.29) is 5.91 Å². The lowest BCUT2D eigenvalue weighted by Crippen LogP contribution is -2.51. The average Bonchev–Trinajstić information content (AvgIpc) is 3.27. The smallest absolute Gasteiger partial charge is 0.233 e. The second-order valence-electron chi connectivity index (χ2n) is 9.28. The van der Waals surface area contributed by atoms with Gasteiger partial charge in [0.05, 0.1) is 17.2 Å². The molecule has 33 heavy (non-hydrogen) atoms. The van der Waals surface area contributed by atoms with Crippen molar-refractivity contribution in [3.8, 4) is 0 Å². The maximum Gasteiger partial charge on any atom is 0.233 e. The van der Waals surface area contributed by atoms with Gasteiger partial charge in [0.2, 0.25) is 11.9 Å². The number of nitrogens with two attached hydrogens (primary N) is 1. The number of fused-ring (bicyclic) bond motifs is 1. The summed E-state index contributed by atoms with van der Waals surface area (Å²) in [5, 5.41) is 3.02.